The van der Waals surface area contributed by atoms with Crippen LogP contribution in [0.2, 0.25) is 0 Å². The van der Waals surface area contributed by atoms with Gasteiger partial charge in [-0.1, -0.05) is 24.3 Å². The molecule has 0 spiro atoms. The number of benzene rings is 2. The summed E-state index contributed by atoms with van der Waals surface area (Å²) < 4.78 is 33.2. The van der Waals surface area contributed by atoms with Gasteiger partial charge in [-0.2, -0.15) is 0 Å². The summed E-state index contributed by atoms with van der Waals surface area (Å²) in [5.74, 6) is 0.533. The van der Waals surface area contributed by atoms with Crippen molar-refractivity contribution in [1.29, 1.82) is 0 Å². The summed E-state index contributed by atoms with van der Waals surface area (Å²) in [6, 6.07) is 16.7. The van der Waals surface area contributed by atoms with Gasteiger partial charge in [0.2, 0.25) is 0 Å². The normalized spacial score (nSPS) is 13.8. The third-order valence-corrected chi connectivity index (χ3v) is 6.79. The molecule has 2 heterocycles. The van der Waals surface area contributed by atoms with Crippen LogP contribution in [0.15, 0.2) is 71.9 Å². The minimum atomic E-state index is -3.64. The van der Waals surface area contributed by atoms with Crippen LogP contribution in [0.5, 0.6) is 5.75 Å². The minimum absolute atomic E-state index is 0.249. The molecule has 28 heavy (non-hydrogen) atoms. The number of rotatable bonds is 5. The van der Waals surface area contributed by atoms with E-state index in [2.05, 4.69) is 11.1 Å². The lowest BCUT2D eigenvalue weighted by Gasteiger charge is -2.31. The van der Waals surface area contributed by atoms with E-state index in [1.165, 1.54) is 11.4 Å². The van der Waals surface area contributed by atoms with Gasteiger partial charge in [-0.05, 0) is 60.2 Å². The van der Waals surface area contributed by atoms with Gasteiger partial charge < -0.3 is 4.74 Å². The van der Waals surface area contributed by atoms with Crippen molar-refractivity contribution < 1.29 is 13.2 Å². The molecule has 0 atom stereocenters. The fraction of sp³-hybridized carbons (Fsp3) is 0.227. The lowest BCUT2D eigenvalue weighted by atomic mass is 9.98. The van der Waals surface area contributed by atoms with Gasteiger partial charge in [-0.15, -0.1) is 0 Å². The number of ether oxygens (including phenoxy) is 1. The second kappa shape index (κ2) is 7.64. The van der Waals surface area contributed by atoms with E-state index in [1.807, 2.05) is 30.5 Å². The number of aryl methyl sites for hydroxylation is 1. The van der Waals surface area contributed by atoms with E-state index in [9.17, 15) is 8.42 Å². The summed E-state index contributed by atoms with van der Waals surface area (Å²) >= 11 is 0. The average molecular weight is 394 g/mol. The van der Waals surface area contributed by atoms with Crippen LogP contribution in [0.1, 0.15) is 23.1 Å². The molecule has 1 aliphatic rings. The van der Waals surface area contributed by atoms with Crippen molar-refractivity contribution in [3.63, 3.8) is 0 Å². The summed E-state index contributed by atoms with van der Waals surface area (Å²) in [5.41, 5.74) is 4.13. The van der Waals surface area contributed by atoms with Crippen LogP contribution in [0.3, 0.4) is 0 Å². The van der Waals surface area contributed by atoms with E-state index >= 15 is 0 Å². The monoisotopic (exact) mass is 394 g/mol. The maximum atomic E-state index is 13.3. The number of hydrogen-bond donors (Lipinski definition) is 0. The Bertz CT molecular complexity index is 1080. The molecule has 0 amide bonds. The van der Waals surface area contributed by atoms with E-state index in [0.29, 0.717) is 12.3 Å². The minimum Gasteiger partial charge on any atom is -0.497 e. The molecule has 2 aromatic carbocycles. The van der Waals surface area contributed by atoms with Crippen LogP contribution < -0.4 is 9.04 Å². The molecule has 3 aromatic rings. The first-order valence-corrected chi connectivity index (χ1v) is 10.7. The van der Waals surface area contributed by atoms with Crippen molar-refractivity contribution in [1.82, 2.24) is 4.98 Å². The summed E-state index contributed by atoms with van der Waals surface area (Å²) in [4.78, 5) is 4.41. The van der Waals surface area contributed by atoms with Crippen LogP contribution in [-0.4, -0.2) is 27.1 Å². The lowest BCUT2D eigenvalue weighted by Crippen LogP contribution is -2.35. The molecular weight excluding hydrogens is 372 g/mol. The van der Waals surface area contributed by atoms with Gasteiger partial charge in [-0.3, -0.25) is 9.29 Å². The zero-order valence-corrected chi connectivity index (χ0v) is 16.5. The summed E-state index contributed by atoms with van der Waals surface area (Å²) in [5, 5.41) is 0. The highest BCUT2D eigenvalue weighted by Gasteiger charge is 2.29. The van der Waals surface area contributed by atoms with Gasteiger partial charge in [0.25, 0.3) is 10.0 Å². The number of pyridine rings is 1. The third kappa shape index (κ3) is 3.60. The molecule has 1 aromatic heterocycles. The van der Waals surface area contributed by atoms with Crippen molar-refractivity contribution >= 4 is 15.7 Å². The molecule has 4 rings (SSSR count). The van der Waals surface area contributed by atoms with Gasteiger partial charge in [-0.25, -0.2) is 8.42 Å². The van der Waals surface area contributed by atoms with E-state index in [1.54, 1.807) is 30.5 Å². The van der Waals surface area contributed by atoms with Gasteiger partial charge >= 0.3 is 0 Å². The Balaban J connectivity index is 1.67. The molecule has 0 bridgehead atoms. The Morgan fingerprint density at radius 2 is 1.96 bits per heavy atom. The summed E-state index contributed by atoms with van der Waals surface area (Å²) in [7, 11) is -2.10. The topological polar surface area (TPSA) is 59.5 Å². The first kappa shape index (κ1) is 18.5. The van der Waals surface area contributed by atoms with Gasteiger partial charge in [0, 0.05) is 25.0 Å². The molecule has 0 fully saturated rings. The largest absolute Gasteiger partial charge is 0.497 e. The number of methoxy groups -OCH3 is 1. The zero-order valence-electron chi connectivity index (χ0n) is 15.7. The van der Waals surface area contributed by atoms with Crippen LogP contribution in [0.4, 0.5) is 5.69 Å². The second-order valence-electron chi connectivity index (χ2n) is 6.86. The van der Waals surface area contributed by atoms with Crippen LogP contribution in [0, 0.1) is 0 Å². The quantitative estimate of drug-likeness (QED) is 0.660. The highest BCUT2D eigenvalue weighted by Crippen LogP contribution is 2.33. The summed E-state index contributed by atoms with van der Waals surface area (Å²) in [6.45, 7) is 0.481. The number of nitrogens with zero attached hydrogens (tertiary/aromatic N) is 2. The van der Waals surface area contributed by atoms with Crippen molar-refractivity contribution in [2.75, 3.05) is 18.0 Å². The second-order valence-corrected chi connectivity index (χ2v) is 8.72. The Kier molecular flexibility index (Phi) is 5.05. The molecule has 0 saturated heterocycles. The van der Waals surface area contributed by atoms with Crippen LogP contribution >= 0.6 is 0 Å². The Morgan fingerprint density at radius 1 is 1.07 bits per heavy atom. The predicted molar refractivity (Wildman–Crippen MR) is 109 cm³/mol. The SMILES string of the molecule is COc1cccc(S(=O)(=O)N2CCCc3cc(Cc4cccnc4)ccc32)c1. The molecule has 144 valence electrons. The molecular formula is C22H22N2O3S. The Morgan fingerprint density at radius 3 is 2.75 bits per heavy atom. The number of hydrogen-bond acceptors (Lipinski definition) is 4. The molecule has 0 unspecified atom stereocenters. The lowest BCUT2D eigenvalue weighted by molar-refractivity contribution is 0.413. The van der Waals surface area contributed by atoms with Crippen molar-refractivity contribution in [2.45, 2.75) is 24.2 Å². The van der Waals surface area contributed by atoms with Gasteiger partial charge in [0.05, 0.1) is 17.7 Å². The maximum absolute atomic E-state index is 13.3. The third-order valence-electron chi connectivity index (χ3n) is 4.98. The zero-order chi connectivity index (χ0) is 19.6. The van der Waals surface area contributed by atoms with E-state index in [4.69, 9.17) is 4.74 Å². The fourth-order valence-electron chi connectivity index (χ4n) is 3.60. The molecule has 0 aliphatic carbocycles. The standard InChI is InChI=1S/C22H22N2O3S/c1-27-20-7-2-8-21(15-20)28(25,26)24-12-4-6-19-14-17(9-10-22(19)24)13-18-5-3-11-23-16-18/h2-3,5,7-11,14-16H,4,6,12-13H2,1H3. The van der Waals surface area contributed by atoms with Crippen LogP contribution in [0.25, 0.3) is 0 Å². The predicted octanol–water partition coefficient (Wildman–Crippen LogP) is 3.82. The molecule has 6 heteroatoms. The molecule has 1 aliphatic heterocycles. The number of sulfonamides is 1. The maximum Gasteiger partial charge on any atom is 0.264 e. The highest BCUT2D eigenvalue weighted by molar-refractivity contribution is 7.92. The van der Waals surface area contributed by atoms with Crippen LogP contribution in [-0.2, 0) is 22.9 Å². The number of fused-ring (bicyclic) bond motifs is 1. The van der Waals surface area contributed by atoms with Crippen molar-refractivity contribution in [2.24, 2.45) is 0 Å². The van der Waals surface area contributed by atoms with Gasteiger partial charge in [0.15, 0.2) is 0 Å². The number of anilines is 1. The van der Waals surface area contributed by atoms with E-state index in [-0.39, 0.29) is 4.90 Å². The van der Waals surface area contributed by atoms with Crippen molar-refractivity contribution in [3.8, 4) is 5.75 Å². The molecule has 0 N–H and O–H groups in total. The first-order valence-electron chi connectivity index (χ1n) is 9.25. The Labute approximate surface area is 165 Å². The number of aromatic nitrogens is 1. The Hall–Kier alpha value is -2.86. The summed E-state index contributed by atoms with van der Waals surface area (Å²) in [6.07, 6.45) is 6.08. The molecule has 0 saturated carbocycles. The molecule has 5 nitrogen and oxygen atoms in total. The van der Waals surface area contributed by atoms with E-state index < -0.39 is 10.0 Å². The van der Waals surface area contributed by atoms with Gasteiger partial charge in [0.1, 0.15) is 5.75 Å². The molecule has 0 radical (unpaired) electrons. The van der Waals surface area contributed by atoms with Crippen molar-refractivity contribution in [3.05, 3.63) is 83.7 Å². The first-order chi connectivity index (χ1) is 13.6. The van der Waals surface area contributed by atoms with E-state index in [0.717, 1.165) is 41.6 Å². The highest BCUT2D eigenvalue weighted by atomic mass is 32.2. The smallest absolute Gasteiger partial charge is 0.264 e. The average Bonchev–Trinajstić information content (AvgIpc) is 2.74. The fourth-order valence-corrected chi connectivity index (χ4v) is 5.18.